The maximum Gasteiger partial charge on any atom is 0.0284 e. The summed E-state index contributed by atoms with van der Waals surface area (Å²) in [4.78, 5) is 2.51. The first-order chi connectivity index (χ1) is 7.25. The molecule has 1 aliphatic heterocycles. The summed E-state index contributed by atoms with van der Waals surface area (Å²) in [6.45, 7) is 3.35. The minimum absolute atomic E-state index is 0.159. The molecule has 0 radical (unpaired) electrons. The molecule has 1 aromatic carbocycles. The topological polar surface area (TPSA) is 29.3 Å². The van der Waals surface area contributed by atoms with Gasteiger partial charge in [0.2, 0.25) is 0 Å². The Balaban J connectivity index is 1.72. The largest absolute Gasteiger partial charge is 0.324 e. The Labute approximate surface area is 91.1 Å². The van der Waals surface area contributed by atoms with Gasteiger partial charge in [-0.3, -0.25) is 4.90 Å². The number of hydrogen-bond donors (Lipinski definition) is 1. The van der Waals surface area contributed by atoms with Gasteiger partial charge in [0.15, 0.2) is 0 Å². The van der Waals surface area contributed by atoms with Crippen LogP contribution >= 0.6 is 0 Å². The summed E-state index contributed by atoms with van der Waals surface area (Å²) in [6.07, 6.45) is 3.61. The smallest absolute Gasteiger partial charge is 0.0284 e. The van der Waals surface area contributed by atoms with Gasteiger partial charge in [-0.05, 0) is 30.4 Å². The third kappa shape index (κ3) is 1.92. The van der Waals surface area contributed by atoms with Crippen LogP contribution in [-0.2, 0) is 13.0 Å². The van der Waals surface area contributed by atoms with Gasteiger partial charge in [0.25, 0.3) is 0 Å². The summed E-state index contributed by atoms with van der Waals surface area (Å²) in [5, 5.41) is 0. The zero-order valence-electron chi connectivity index (χ0n) is 9.08. The van der Waals surface area contributed by atoms with Crippen molar-refractivity contribution in [1.29, 1.82) is 0 Å². The van der Waals surface area contributed by atoms with Crippen molar-refractivity contribution in [1.82, 2.24) is 4.90 Å². The molecule has 80 valence electrons. The van der Waals surface area contributed by atoms with Crippen molar-refractivity contribution >= 4 is 0 Å². The average Bonchev–Trinajstić information content (AvgIpc) is 2.96. The molecule has 1 heterocycles. The van der Waals surface area contributed by atoms with Crippen molar-refractivity contribution < 1.29 is 0 Å². The first kappa shape index (κ1) is 9.37. The minimum atomic E-state index is 0.159. The number of nitrogens with zero attached hydrogens (tertiary/aromatic N) is 1. The van der Waals surface area contributed by atoms with Gasteiger partial charge in [-0.15, -0.1) is 0 Å². The summed E-state index contributed by atoms with van der Waals surface area (Å²) < 4.78 is 0. The van der Waals surface area contributed by atoms with Crippen molar-refractivity contribution in [3.8, 4) is 0 Å². The standard InChI is InChI=1S/C13H18N2/c14-13(6-7-13)10-15-8-5-11-3-1-2-4-12(11)9-15/h1-4H,5-10,14H2. The van der Waals surface area contributed by atoms with Crippen molar-refractivity contribution in [2.45, 2.75) is 31.3 Å². The second kappa shape index (κ2) is 3.32. The van der Waals surface area contributed by atoms with Gasteiger partial charge in [-0.2, -0.15) is 0 Å². The summed E-state index contributed by atoms with van der Waals surface area (Å²) in [6, 6.07) is 8.77. The van der Waals surface area contributed by atoms with Crippen LogP contribution in [0.5, 0.6) is 0 Å². The van der Waals surface area contributed by atoms with E-state index in [0.717, 1.165) is 13.1 Å². The van der Waals surface area contributed by atoms with Crippen molar-refractivity contribution in [2.24, 2.45) is 5.73 Å². The molecule has 15 heavy (non-hydrogen) atoms. The Morgan fingerprint density at radius 3 is 2.67 bits per heavy atom. The van der Waals surface area contributed by atoms with E-state index in [1.807, 2.05) is 0 Å². The van der Waals surface area contributed by atoms with Gasteiger partial charge < -0.3 is 5.73 Å². The summed E-state index contributed by atoms with van der Waals surface area (Å²) >= 11 is 0. The maximum atomic E-state index is 6.16. The van der Waals surface area contributed by atoms with Gasteiger partial charge in [0, 0.05) is 25.2 Å². The van der Waals surface area contributed by atoms with Crippen LogP contribution < -0.4 is 5.73 Å². The number of rotatable bonds is 2. The molecule has 0 atom stereocenters. The normalized spacial score (nSPS) is 23.5. The van der Waals surface area contributed by atoms with Crippen molar-refractivity contribution in [3.05, 3.63) is 35.4 Å². The zero-order valence-corrected chi connectivity index (χ0v) is 9.08. The van der Waals surface area contributed by atoms with Crippen LogP contribution in [0.25, 0.3) is 0 Å². The highest BCUT2D eigenvalue weighted by molar-refractivity contribution is 5.29. The van der Waals surface area contributed by atoms with Crippen molar-refractivity contribution in [3.63, 3.8) is 0 Å². The van der Waals surface area contributed by atoms with E-state index in [-0.39, 0.29) is 5.54 Å². The molecule has 1 aliphatic carbocycles. The van der Waals surface area contributed by atoms with E-state index in [4.69, 9.17) is 5.73 Å². The van der Waals surface area contributed by atoms with Crippen LogP contribution in [0.15, 0.2) is 24.3 Å². The average molecular weight is 202 g/mol. The van der Waals surface area contributed by atoms with E-state index in [1.54, 1.807) is 0 Å². The highest BCUT2D eigenvalue weighted by atomic mass is 15.2. The van der Waals surface area contributed by atoms with Crippen LogP contribution in [0.3, 0.4) is 0 Å². The van der Waals surface area contributed by atoms with Crippen LogP contribution in [0.2, 0.25) is 0 Å². The molecule has 1 aromatic rings. The summed E-state index contributed by atoms with van der Waals surface area (Å²) in [5.74, 6) is 0. The van der Waals surface area contributed by atoms with Crippen LogP contribution in [0.1, 0.15) is 24.0 Å². The fourth-order valence-electron chi connectivity index (χ4n) is 2.45. The Morgan fingerprint density at radius 1 is 1.20 bits per heavy atom. The van der Waals surface area contributed by atoms with Gasteiger partial charge in [-0.25, -0.2) is 0 Å². The Bertz CT molecular complexity index is 369. The molecule has 2 aliphatic rings. The third-order valence-corrected chi connectivity index (χ3v) is 3.64. The van der Waals surface area contributed by atoms with Crippen molar-refractivity contribution in [2.75, 3.05) is 13.1 Å². The molecule has 2 N–H and O–H groups in total. The fraction of sp³-hybridized carbons (Fsp3) is 0.538. The monoisotopic (exact) mass is 202 g/mol. The number of nitrogens with two attached hydrogens (primary N) is 1. The molecule has 1 saturated carbocycles. The number of hydrogen-bond acceptors (Lipinski definition) is 2. The second-order valence-electron chi connectivity index (χ2n) is 5.09. The first-order valence-electron chi connectivity index (χ1n) is 5.83. The van der Waals surface area contributed by atoms with E-state index in [2.05, 4.69) is 29.2 Å². The van der Waals surface area contributed by atoms with Crippen LogP contribution in [0.4, 0.5) is 0 Å². The zero-order chi connectivity index (χ0) is 10.3. The maximum absolute atomic E-state index is 6.16. The lowest BCUT2D eigenvalue weighted by Crippen LogP contribution is -2.41. The number of fused-ring (bicyclic) bond motifs is 1. The second-order valence-corrected chi connectivity index (χ2v) is 5.09. The van der Waals surface area contributed by atoms with E-state index in [1.165, 1.54) is 36.9 Å². The summed E-state index contributed by atoms with van der Waals surface area (Å²) in [7, 11) is 0. The SMILES string of the molecule is NC1(CN2CCc3ccccc3C2)CC1. The van der Waals surface area contributed by atoms with Gasteiger partial charge in [0.1, 0.15) is 0 Å². The predicted molar refractivity (Wildman–Crippen MR) is 61.6 cm³/mol. The molecule has 0 saturated heterocycles. The Hall–Kier alpha value is -0.860. The van der Waals surface area contributed by atoms with E-state index >= 15 is 0 Å². The molecule has 0 amide bonds. The van der Waals surface area contributed by atoms with Gasteiger partial charge >= 0.3 is 0 Å². The van der Waals surface area contributed by atoms with Gasteiger partial charge in [-0.1, -0.05) is 24.3 Å². The lowest BCUT2D eigenvalue weighted by molar-refractivity contribution is 0.232. The van der Waals surface area contributed by atoms with E-state index in [0.29, 0.717) is 0 Å². The molecule has 2 nitrogen and oxygen atoms in total. The Morgan fingerprint density at radius 2 is 1.93 bits per heavy atom. The van der Waals surface area contributed by atoms with E-state index < -0.39 is 0 Å². The lowest BCUT2D eigenvalue weighted by Gasteiger charge is -2.30. The molecular formula is C13H18N2. The first-order valence-corrected chi connectivity index (χ1v) is 5.83. The molecule has 1 fully saturated rings. The molecular weight excluding hydrogens is 184 g/mol. The molecule has 2 heteroatoms. The van der Waals surface area contributed by atoms with Gasteiger partial charge in [0.05, 0.1) is 0 Å². The fourth-order valence-corrected chi connectivity index (χ4v) is 2.45. The minimum Gasteiger partial charge on any atom is -0.324 e. The molecule has 0 unspecified atom stereocenters. The molecule has 0 aromatic heterocycles. The number of benzene rings is 1. The van der Waals surface area contributed by atoms with E-state index in [9.17, 15) is 0 Å². The lowest BCUT2D eigenvalue weighted by atomic mass is 9.99. The molecule has 3 rings (SSSR count). The highest BCUT2D eigenvalue weighted by Crippen LogP contribution is 2.34. The Kier molecular flexibility index (Phi) is 2.08. The quantitative estimate of drug-likeness (QED) is 0.788. The molecule has 0 bridgehead atoms. The summed E-state index contributed by atoms with van der Waals surface area (Å²) in [5.41, 5.74) is 9.33. The van der Waals surface area contributed by atoms with Crippen LogP contribution in [0, 0.1) is 0 Å². The van der Waals surface area contributed by atoms with Crippen LogP contribution in [-0.4, -0.2) is 23.5 Å². The third-order valence-electron chi connectivity index (χ3n) is 3.64. The molecule has 0 spiro atoms. The highest BCUT2D eigenvalue weighted by Gasteiger charge is 2.39. The predicted octanol–water partition coefficient (Wildman–Crippen LogP) is 1.54.